The second-order valence-electron chi connectivity index (χ2n) is 7.29. The zero-order chi connectivity index (χ0) is 17.2. The number of benzene rings is 1. The Morgan fingerprint density at radius 2 is 1.80 bits per heavy atom. The summed E-state index contributed by atoms with van der Waals surface area (Å²) >= 11 is 0. The summed E-state index contributed by atoms with van der Waals surface area (Å²) in [7, 11) is 0. The molecule has 0 radical (unpaired) electrons. The number of nitrogens with two attached hydrogens (primary N) is 2. The summed E-state index contributed by atoms with van der Waals surface area (Å²) < 4.78 is 0. The quantitative estimate of drug-likeness (QED) is 0.900. The average molecular weight is 337 g/mol. The predicted molar refractivity (Wildman–Crippen MR) is 102 cm³/mol. The molecule has 132 valence electrons. The van der Waals surface area contributed by atoms with Crippen LogP contribution in [-0.2, 0) is 6.42 Å². The second-order valence-corrected chi connectivity index (χ2v) is 7.29. The van der Waals surface area contributed by atoms with Crippen molar-refractivity contribution in [3.8, 4) is 0 Å². The number of fused-ring (bicyclic) bond motifs is 1. The monoisotopic (exact) mass is 337 g/mol. The van der Waals surface area contributed by atoms with Gasteiger partial charge in [0.1, 0.15) is 5.82 Å². The maximum atomic E-state index is 6.11. The first-order chi connectivity index (χ1) is 12.3. The van der Waals surface area contributed by atoms with Crippen molar-refractivity contribution in [1.29, 1.82) is 0 Å². The van der Waals surface area contributed by atoms with E-state index in [1.54, 1.807) is 0 Å². The molecule has 25 heavy (non-hydrogen) atoms. The lowest BCUT2D eigenvalue weighted by molar-refractivity contribution is 0.412. The molecule has 2 aromatic rings. The van der Waals surface area contributed by atoms with Gasteiger partial charge in [-0.1, -0.05) is 30.3 Å². The summed E-state index contributed by atoms with van der Waals surface area (Å²) in [6.45, 7) is 2.81. The van der Waals surface area contributed by atoms with Gasteiger partial charge in [-0.3, -0.25) is 0 Å². The number of piperidine rings is 1. The van der Waals surface area contributed by atoms with Gasteiger partial charge < -0.3 is 16.4 Å². The van der Waals surface area contributed by atoms with E-state index in [-0.39, 0.29) is 0 Å². The molecule has 0 bridgehead atoms. The van der Waals surface area contributed by atoms with E-state index in [0.717, 1.165) is 56.8 Å². The Balaban J connectivity index is 1.70. The fourth-order valence-corrected chi connectivity index (χ4v) is 4.31. The van der Waals surface area contributed by atoms with Crippen LogP contribution in [0.1, 0.15) is 48.4 Å². The Labute approximate surface area is 149 Å². The van der Waals surface area contributed by atoms with Crippen molar-refractivity contribution in [2.75, 3.05) is 30.3 Å². The zero-order valence-electron chi connectivity index (χ0n) is 14.7. The number of anilines is 2. The highest BCUT2D eigenvalue weighted by Gasteiger charge is 2.29. The van der Waals surface area contributed by atoms with Gasteiger partial charge in [0.2, 0.25) is 5.95 Å². The number of nitrogen functional groups attached to an aromatic ring is 1. The molecule has 1 aliphatic carbocycles. The van der Waals surface area contributed by atoms with E-state index in [1.165, 1.54) is 17.5 Å². The van der Waals surface area contributed by atoms with Crippen LogP contribution in [0.2, 0.25) is 0 Å². The smallest absolute Gasteiger partial charge is 0.222 e. The highest BCUT2D eigenvalue weighted by molar-refractivity contribution is 5.55. The molecule has 5 nitrogen and oxygen atoms in total. The number of nitrogens with zero attached hydrogens (tertiary/aromatic N) is 3. The predicted octanol–water partition coefficient (Wildman–Crippen LogP) is 2.70. The van der Waals surface area contributed by atoms with Crippen LogP contribution >= 0.6 is 0 Å². The minimum absolute atomic E-state index is 0.329. The van der Waals surface area contributed by atoms with E-state index in [9.17, 15) is 0 Å². The van der Waals surface area contributed by atoms with Crippen molar-refractivity contribution in [3.05, 3.63) is 47.2 Å². The summed E-state index contributed by atoms with van der Waals surface area (Å²) in [6.07, 6.45) is 5.62. The molecule has 0 spiro atoms. The minimum atomic E-state index is 0.329. The SMILES string of the molecule is NCC1CCN(c2nc(N)nc3c2CCCC3c2ccccc2)CC1. The molecular weight excluding hydrogens is 310 g/mol. The van der Waals surface area contributed by atoms with E-state index in [1.807, 2.05) is 0 Å². The number of rotatable bonds is 3. The van der Waals surface area contributed by atoms with Crippen LogP contribution < -0.4 is 16.4 Å². The summed E-state index contributed by atoms with van der Waals surface area (Å²) in [4.78, 5) is 11.7. The van der Waals surface area contributed by atoms with Gasteiger partial charge in [0.25, 0.3) is 0 Å². The zero-order valence-corrected chi connectivity index (χ0v) is 14.7. The molecule has 1 aliphatic heterocycles. The lowest BCUT2D eigenvalue weighted by atomic mass is 9.82. The van der Waals surface area contributed by atoms with Crippen LogP contribution in [0.25, 0.3) is 0 Å². The molecule has 1 saturated heterocycles. The molecule has 0 amide bonds. The Hall–Kier alpha value is -2.14. The van der Waals surface area contributed by atoms with Crippen molar-refractivity contribution in [2.24, 2.45) is 11.7 Å². The van der Waals surface area contributed by atoms with Gasteiger partial charge >= 0.3 is 0 Å². The summed E-state index contributed by atoms with van der Waals surface area (Å²) in [5.74, 6) is 2.44. The summed E-state index contributed by atoms with van der Waals surface area (Å²) in [6, 6.07) is 10.7. The number of hydrogen-bond acceptors (Lipinski definition) is 5. The molecule has 4 N–H and O–H groups in total. The van der Waals surface area contributed by atoms with E-state index in [4.69, 9.17) is 11.5 Å². The third-order valence-corrected chi connectivity index (χ3v) is 5.73. The van der Waals surface area contributed by atoms with Gasteiger partial charge in [0, 0.05) is 24.6 Å². The summed E-state index contributed by atoms with van der Waals surface area (Å²) in [5.41, 5.74) is 15.7. The molecule has 1 aromatic heterocycles. The van der Waals surface area contributed by atoms with Crippen LogP contribution in [0.5, 0.6) is 0 Å². The maximum Gasteiger partial charge on any atom is 0.222 e. The molecule has 4 rings (SSSR count). The van der Waals surface area contributed by atoms with Crippen molar-refractivity contribution in [2.45, 2.75) is 38.0 Å². The standard InChI is InChI=1S/C20H27N5/c21-13-14-9-11-25(12-10-14)19-17-8-4-7-16(15-5-2-1-3-6-15)18(17)23-20(22)24-19/h1-3,5-6,14,16H,4,7-13,21H2,(H2,22,23,24). The Morgan fingerprint density at radius 3 is 2.52 bits per heavy atom. The van der Waals surface area contributed by atoms with Crippen LogP contribution in [-0.4, -0.2) is 29.6 Å². The first-order valence-corrected chi connectivity index (χ1v) is 9.42. The van der Waals surface area contributed by atoms with Crippen molar-refractivity contribution >= 4 is 11.8 Å². The van der Waals surface area contributed by atoms with Gasteiger partial charge in [-0.25, -0.2) is 4.98 Å². The third kappa shape index (κ3) is 3.21. The van der Waals surface area contributed by atoms with Crippen molar-refractivity contribution < 1.29 is 0 Å². The van der Waals surface area contributed by atoms with Crippen molar-refractivity contribution in [1.82, 2.24) is 9.97 Å². The Bertz CT molecular complexity index is 722. The fraction of sp³-hybridized carbons (Fsp3) is 0.500. The van der Waals surface area contributed by atoms with Crippen LogP contribution in [0.4, 0.5) is 11.8 Å². The molecule has 5 heteroatoms. The highest BCUT2D eigenvalue weighted by atomic mass is 15.2. The van der Waals surface area contributed by atoms with E-state index in [2.05, 4.69) is 45.2 Å². The van der Waals surface area contributed by atoms with Gasteiger partial charge in [0.15, 0.2) is 0 Å². The highest BCUT2D eigenvalue weighted by Crippen LogP contribution is 2.39. The molecule has 1 fully saturated rings. The first-order valence-electron chi connectivity index (χ1n) is 9.42. The number of aromatic nitrogens is 2. The Kier molecular flexibility index (Phi) is 4.57. The summed E-state index contributed by atoms with van der Waals surface area (Å²) in [5, 5.41) is 0. The van der Waals surface area contributed by atoms with Gasteiger partial charge in [-0.15, -0.1) is 0 Å². The molecule has 1 unspecified atom stereocenters. The third-order valence-electron chi connectivity index (χ3n) is 5.73. The first kappa shape index (κ1) is 16.3. The average Bonchev–Trinajstić information content (AvgIpc) is 2.67. The Morgan fingerprint density at radius 1 is 1.04 bits per heavy atom. The normalized spacial score (nSPS) is 21.2. The minimum Gasteiger partial charge on any atom is -0.368 e. The van der Waals surface area contributed by atoms with E-state index in [0.29, 0.717) is 17.8 Å². The molecule has 2 heterocycles. The fourth-order valence-electron chi connectivity index (χ4n) is 4.31. The van der Waals surface area contributed by atoms with Gasteiger partial charge in [-0.2, -0.15) is 4.98 Å². The number of hydrogen-bond donors (Lipinski definition) is 2. The van der Waals surface area contributed by atoms with E-state index < -0.39 is 0 Å². The lowest BCUT2D eigenvalue weighted by Crippen LogP contribution is -2.37. The largest absolute Gasteiger partial charge is 0.368 e. The van der Waals surface area contributed by atoms with Gasteiger partial charge in [0.05, 0.1) is 5.69 Å². The van der Waals surface area contributed by atoms with Crippen molar-refractivity contribution in [3.63, 3.8) is 0 Å². The molecule has 0 saturated carbocycles. The van der Waals surface area contributed by atoms with Gasteiger partial charge in [-0.05, 0) is 50.1 Å². The maximum absolute atomic E-state index is 6.11. The molecular formula is C20H27N5. The van der Waals surface area contributed by atoms with Crippen LogP contribution in [0, 0.1) is 5.92 Å². The lowest BCUT2D eigenvalue weighted by Gasteiger charge is -2.35. The van der Waals surface area contributed by atoms with E-state index >= 15 is 0 Å². The van der Waals surface area contributed by atoms with Crippen LogP contribution in [0.15, 0.2) is 30.3 Å². The second kappa shape index (κ2) is 7.00. The molecule has 1 atom stereocenters. The topological polar surface area (TPSA) is 81.1 Å². The van der Waals surface area contributed by atoms with Crippen LogP contribution in [0.3, 0.4) is 0 Å². The molecule has 1 aromatic carbocycles. The molecule has 2 aliphatic rings.